The second-order valence-corrected chi connectivity index (χ2v) is 8.91. The smallest absolute Gasteiger partial charge is 0.335 e. The molecular weight excluding hydrogens is 444 g/mol. The summed E-state index contributed by atoms with van der Waals surface area (Å²) in [6.07, 6.45) is -3.00. The molecule has 2 saturated heterocycles. The molecule has 192 valence electrons. The van der Waals surface area contributed by atoms with Crippen LogP contribution in [0.15, 0.2) is 18.2 Å². The number of hydrogen-bond acceptors (Lipinski definition) is 8. The third-order valence-corrected chi connectivity index (χ3v) is 6.28. The van der Waals surface area contributed by atoms with E-state index in [4.69, 9.17) is 25.5 Å². The van der Waals surface area contributed by atoms with Gasteiger partial charge in [0.1, 0.15) is 18.3 Å². The minimum Gasteiger partial charge on any atom is -0.479 e. The molecule has 6 atom stereocenters. The zero-order valence-electron chi connectivity index (χ0n) is 20.1. The van der Waals surface area contributed by atoms with Gasteiger partial charge in [0.2, 0.25) is 5.91 Å². The van der Waals surface area contributed by atoms with E-state index in [-0.39, 0.29) is 11.9 Å². The Kier molecular flexibility index (Phi) is 10.9. The number of nitrogens with one attached hydrogen (secondary N) is 1. The van der Waals surface area contributed by atoms with Crippen LogP contribution in [-0.2, 0) is 14.3 Å². The molecule has 10 nitrogen and oxygen atoms in total. The van der Waals surface area contributed by atoms with E-state index in [2.05, 4.69) is 47.9 Å². The van der Waals surface area contributed by atoms with Crippen LogP contribution in [0.1, 0.15) is 50.2 Å². The number of piperidine rings is 1. The Labute approximate surface area is 200 Å². The van der Waals surface area contributed by atoms with Crippen LogP contribution in [0.3, 0.4) is 0 Å². The lowest BCUT2D eigenvalue weighted by molar-refractivity contribution is -0.279. The highest BCUT2D eigenvalue weighted by Crippen LogP contribution is 2.23. The fraction of sp³-hybridized carbons (Fsp3) is 0.667. The summed E-state index contributed by atoms with van der Waals surface area (Å²) in [5.41, 5.74) is 3.27. The number of aliphatic hydroxyl groups excluding tert-OH is 4. The summed E-state index contributed by atoms with van der Waals surface area (Å²) >= 11 is 0. The standard InChI is InChI=1S/C18H28N2O.C6H10O7/c1-4-5-12-20-13-7-6-11-16(20)18(21)19-17-14(2)9-8-10-15(17)3;7-1-2(8)4(5(10)11)13-6(12)3(1)9/h8-10,16H,4-7,11-13H2,1-3H3,(H,19,21);1-4,6-9,12H,(H,10,11)/t;1-,2-,3+,4-,6?/m.0/s1. The van der Waals surface area contributed by atoms with Crippen molar-refractivity contribution in [1.29, 1.82) is 0 Å². The lowest BCUT2D eigenvalue weighted by atomic mass is 9.99. The number of para-hydroxylation sites is 1. The van der Waals surface area contributed by atoms with Gasteiger partial charge in [-0.25, -0.2) is 4.79 Å². The average Bonchev–Trinajstić information content (AvgIpc) is 2.81. The van der Waals surface area contributed by atoms with Gasteiger partial charge in [-0.1, -0.05) is 38.0 Å². The van der Waals surface area contributed by atoms with Gasteiger partial charge >= 0.3 is 5.97 Å². The predicted molar refractivity (Wildman–Crippen MR) is 125 cm³/mol. The molecule has 0 radical (unpaired) electrons. The molecule has 2 aliphatic rings. The number of rotatable bonds is 6. The summed E-state index contributed by atoms with van der Waals surface area (Å²) in [5, 5.41) is 47.5. The monoisotopic (exact) mass is 482 g/mol. The molecular formula is C24H38N2O8. The highest BCUT2D eigenvalue weighted by molar-refractivity contribution is 5.96. The number of benzene rings is 1. The number of carboxylic acids is 1. The van der Waals surface area contributed by atoms with Crippen LogP contribution in [0.4, 0.5) is 5.69 Å². The number of likely N-dealkylation sites (tertiary alicyclic amines) is 1. The van der Waals surface area contributed by atoms with E-state index in [0.717, 1.165) is 42.7 Å². The largest absolute Gasteiger partial charge is 0.479 e. The molecule has 2 heterocycles. The van der Waals surface area contributed by atoms with Gasteiger partial charge in [0.15, 0.2) is 12.4 Å². The number of carbonyl (C=O) groups excluding carboxylic acids is 1. The SMILES string of the molecule is CCCCN1CCCCC1C(=O)Nc1c(C)cccc1C.O=C(O)[C@H]1OC(O)[C@H](O)[C@@H](O)[C@@H]1O. The van der Waals surface area contributed by atoms with Gasteiger partial charge in [0.05, 0.1) is 6.04 Å². The minimum absolute atomic E-state index is 0.0457. The lowest BCUT2D eigenvalue weighted by Crippen LogP contribution is -2.59. The first-order chi connectivity index (χ1) is 16.1. The van der Waals surface area contributed by atoms with E-state index in [0.29, 0.717) is 0 Å². The van der Waals surface area contributed by atoms with E-state index >= 15 is 0 Å². The third kappa shape index (κ3) is 7.21. The highest BCUT2D eigenvalue weighted by Gasteiger charge is 2.46. The maximum atomic E-state index is 12.7. The molecule has 6 N–H and O–H groups in total. The third-order valence-electron chi connectivity index (χ3n) is 6.28. The Hall–Kier alpha value is -2.08. The lowest BCUT2D eigenvalue weighted by Gasteiger charge is -2.36. The van der Waals surface area contributed by atoms with Crippen LogP contribution in [0.2, 0.25) is 0 Å². The van der Waals surface area contributed by atoms with E-state index < -0.39 is 36.7 Å². The second kappa shape index (κ2) is 13.1. The Morgan fingerprint density at radius 2 is 1.71 bits per heavy atom. The zero-order chi connectivity index (χ0) is 25.4. The summed E-state index contributed by atoms with van der Waals surface area (Å²) in [5.74, 6) is -1.35. The number of aryl methyl sites for hydroxylation is 2. The van der Waals surface area contributed by atoms with Crippen LogP contribution in [0, 0.1) is 13.8 Å². The summed E-state index contributed by atoms with van der Waals surface area (Å²) in [6.45, 7) is 8.42. The number of carboxylic acid groups (broad SMARTS) is 1. The van der Waals surface area contributed by atoms with Crippen LogP contribution in [0.5, 0.6) is 0 Å². The van der Waals surface area contributed by atoms with Crippen LogP contribution >= 0.6 is 0 Å². The first-order valence-electron chi connectivity index (χ1n) is 11.8. The Bertz CT molecular complexity index is 800. The summed E-state index contributed by atoms with van der Waals surface area (Å²) in [6, 6.07) is 6.19. The summed E-state index contributed by atoms with van der Waals surface area (Å²) in [7, 11) is 0. The minimum atomic E-state index is -1.81. The fourth-order valence-corrected chi connectivity index (χ4v) is 4.20. The van der Waals surface area contributed by atoms with Crippen molar-refractivity contribution < 1.29 is 39.9 Å². The number of amides is 1. The van der Waals surface area contributed by atoms with Crippen molar-refractivity contribution in [3.63, 3.8) is 0 Å². The normalized spacial score (nSPS) is 29.6. The van der Waals surface area contributed by atoms with Gasteiger partial charge in [-0.05, 0) is 57.3 Å². The maximum absolute atomic E-state index is 12.7. The van der Waals surface area contributed by atoms with Gasteiger partial charge in [0.25, 0.3) is 0 Å². The molecule has 34 heavy (non-hydrogen) atoms. The van der Waals surface area contributed by atoms with E-state index in [1.54, 1.807) is 0 Å². The van der Waals surface area contributed by atoms with E-state index in [9.17, 15) is 9.59 Å². The molecule has 0 spiro atoms. The maximum Gasteiger partial charge on any atom is 0.335 e. The molecule has 1 amide bonds. The number of anilines is 1. The first kappa shape index (κ1) is 28.2. The number of aliphatic hydroxyl groups is 4. The molecule has 2 fully saturated rings. The van der Waals surface area contributed by atoms with Gasteiger partial charge in [-0.2, -0.15) is 0 Å². The zero-order valence-corrected chi connectivity index (χ0v) is 20.1. The highest BCUT2D eigenvalue weighted by atomic mass is 16.6. The van der Waals surface area contributed by atoms with Gasteiger partial charge in [-0.15, -0.1) is 0 Å². The molecule has 0 aromatic heterocycles. The van der Waals surface area contributed by atoms with Crippen molar-refractivity contribution in [2.75, 3.05) is 18.4 Å². The van der Waals surface area contributed by atoms with Crippen molar-refractivity contribution in [2.24, 2.45) is 0 Å². The topological polar surface area (TPSA) is 160 Å². The van der Waals surface area contributed by atoms with E-state index in [1.165, 1.54) is 19.3 Å². The molecule has 1 aromatic rings. The van der Waals surface area contributed by atoms with Crippen molar-refractivity contribution in [3.8, 4) is 0 Å². The van der Waals surface area contributed by atoms with Crippen molar-refractivity contribution in [2.45, 2.75) is 89.6 Å². The van der Waals surface area contributed by atoms with Crippen molar-refractivity contribution in [3.05, 3.63) is 29.3 Å². The number of aliphatic carboxylic acids is 1. The number of nitrogens with zero attached hydrogens (tertiary/aromatic N) is 1. The Morgan fingerprint density at radius 1 is 1.06 bits per heavy atom. The van der Waals surface area contributed by atoms with Gasteiger partial charge in [-0.3, -0.25) is 9.69 Å². The number of unbranched alkanes of at least 4 members (excludes halogenated alkanes) is 1. The summed E-state index contributed by atoms with van der Waals surface area (Å²) in [4.78, 5) is 25.4. The first-order valence-corrected chi connectivity index (χ1v) is 11.8. The predicted octanol–water partition coefficient (Wildman–Crippen LogP) is 0.767. The summed E-state index contributed by atoms with van der Waals surface area (Å²) < 4.78 is 4.34. The van der Waals surface area contributed by atoms with Crippen LogP contribution in [-0.4, -0.2) is 92.1 Å². The molecule has 1 aromatic carbocycles. The molecule has 10 heteroatoms. The fourth-order valence-electron chi connectivity index (χ4n) is 4.20. The molecule has 2 aliphatic heterocycles. The quantitative estimate of drug-likeness (QED) is 0.344. The number of hydrogen-bond donors (Lipinski definition) is 6. The molecule has 3 rings (SSSR count). The molecule has 0 aliphatic carbocycles. The van der Waals surface area contributed by atoms with Crippen LogP contribution in [0.25, 0.3) is 0 Å². The van der Waals surface area contributed by atoms with Crippen LogP contribution < -0.4 is 5.32 Å². The second-order valence-electron chi connectivity index (χ2n) is 8.91. The Morgan fingerprint density at radius 3 is 2.29 bits per heavy atom. The molecule has 0 saturated carbocycles. The van der Waals surface area contributed by atoms with Gasteiger partial charge in [0, 0.05) is 5.69 Å². The van der Waals surface area contributed by atoms with Crippen molar-refractivity contribution in [1.82, 2.24) is 4.90 Å². The van der Waals surface area contributed by atoms with E-state index in [1.807, 2.05) is 6.07 Å². The average molecular weight is 483 g/mol. The van der Waals surface area contributed by atoms with Crippen molar-refractivity contribution >= 4 is 17.6 Å². The molecule has 0 bridgehead atoms. The number of carbonyl (C=O) groups is 2. The number of ether oxygens (including phenoxy) is 1. The molecule has 2 unspecified atom stereocenters. The van der Waals surface area contributed by atoms with Gasteiger partial charge < -0.3 is 35.6 Å². The Balaban J connectivity index is 0.000000270.